The monoisotopic (exact) mass is 483 g/mol. The number of fused-ring (bicyclic) bond motifs is 5. The molecular formula is C24H23Cl2N5O2. The van der Waals surface area contributed by atoms with Crippen LogP contribution in [-0.2, 0) is 7.05 Å². The van der Waals surface area contributed by atoms with Crippen molar-refractivity contribution in [2.45, 2.75) is 32.0 Å². The Balaban J connectivity index is 1.55. The van der Waals surface area contributed by atoms with Gasteiger partial charge in [-0.1, -0.05) is 29.3 Å². The normalized spacial score (nSPS) is 21.2. The summed E-state index contributed by atoms with van der Waals surface area (Å²) < 4.78 is 7.56. The molecule has 9 heteroatoms. The van der Waals surface area contributed by atoms with Crippen LogP contribution in [0.25, 0.3) is 11.0 Å². The largest absolute Gasteiger partial charge is 0.484 e. The molecule has 0 spiro atoms. The number of benzene rings is 1. The molecule has 1 aromatic carbocycles. The highest BCUT2D eigenvalue weighted by atomic mass is 35.5. The minimum absolute atomic E-state index is 0.0325. The minimum Gasteiger partial charge on any atom is -0.484 e. The Morgan fingerprint density at radius 3 is 2.76 bits per heavy atom. The average molecular weight is 484 g/mol. The highest BCUT2D eigenvalue weighted by molar-refractivity contribution is 6.35. The van der Waals surface area contributed by atoms with Crippen LogP contribution in [0.15, 0.2) is 35.1 Å². The summed E-state index contributed by atoms with van der Waals surface area (Å²) in [5.41, 5.74) is 3.12. The van der Waals surface area contributed by atoms with Gasteiger partial charge in [-0.3, -0.25) is 9.69 Å². The van der Waals surface area contributed by atoms with Crippen molar-refractivity contribution in [1.29, 1.82) is 5.26 Å². The molecule has 0 aliphatic carbocycles. The summed E-state index contributed by atoms with van der Waals surface area (Å²) in [7, 11) is 1.70. The van der Waals surface area contributed by atoms with E-state index >= 15 is 0 Å². The number of pyridine rings is 2. The molecule has 0 saturated carbocycles. The molecular weight excluding hydrogens is 461 g/mol. The zero-order chi connectivity index (χ0) is 23.4. The van der Waals surface area contributed by atoms with Gasteiger partial charge in [-0.25, -0.2) is 4.98 Å². The van der Waals surface area contributed by atoms with Gasteiger partial charge in [0.2, 0.25) is 5.75 Å². The van der Waals surface area contributed by atoms with E-state index in [9.17, 15) is 10.1 Å². The van der Waals surface area contributed by atoms with Crippen LogP contribution in [0, 0.1) is 11.3 Å². The quantitative estimate of drug-likeness (QED) is 0.545. The Morgan fingerprint density at radius 2 is 2.03 bits per heavy atom. The fourth-order valence-corrected chi connectivity index (χ4v) is 5.61. The van der Waals surface area contributed by atoms with Gasteiger partial charge in [0.05, 0.1) is 11.6 Å². The van der Waals surface area contributed by atoms with Crippen molar-refractivity contribution in [2.75, 3.05) is 24.6 Å². The number of ether oxygens (including phenoxy) is 1. The van der Waals surface area contributed by atoms with Gasteiger partial charge in [0, 0.05) is 42.3 Å². The van der Waals surface area contributed by atoms with Crippen LogP contribution in [0.3, 0.4) is 0 Å². The van der Waals surface area contributed by atoms with E-state index in [1.807, 2.05) is 12.1 Å². The second kappa shape index (κ2) is 8.21. The summed E-state index contributed by atoms with van der Waals surface area (Å²) >= 11 is 12.6. The maximum atomic E-state index is 13.0. The Kier molecular flexibility index (Phi) is 5.48. The standard InChI is InChI=1S/C24H23Cl2N5O2/c1-13-10-31-17(11-30(13)14(2)18-6-4-15(25)8-19(18)26)12-33-23-22(31)21-20(29(3)24(23)32)7-5-16(9-27)28-21/h4-8,13-14,17H,10-12H2,1-3H3/t13-,14+,17+/m1/s1. The third kappa shape index (κ3) is 3.54. The van der Waals surface area contributed by atoms with Crippen LogP contribution in [0.1, 0.15) is 31.1 Å². The van der Waals surface area contributed by atoms with E-state index in [1.54, 1.807) is 25.2 Å². The number of aromatic nitrogens is 2. The van der Waals surface area contributed by atoms with E-state index in [4.69, 9.17) is 27.9 Å². The predicted octanol–water partition coefficient (Wildman–Crippen LogP) is 4.14. The van der Waals surface area contributed by atoms with E-state index in [0.29, 0.717) is 51.4 Å². The van der Waals surface area contributed by atoms with Crippen LogP contribution in [0.5, 0.6) is 5.75 Å². The number of nitrogens with zero attached hydrogens (tertiary/aromatic N) is 5. The lowest BCUT2D eigenvalue weighted by molar-refractivity contribution is 0.0918. The molecule has 2 aromatic heterocycles. The summed E-state index contributed by atoms with van der Waals surface area (Å²) in [4.78, 5) is 22.2. The van der Waals surface area contributed by atoms with Gasteiger partial charge in [0.1, 0.15) is 29.6 Å². The Bertz CT molecular complexity index is 1370. The van der Waals surface area contributed by atoms with Crippen molar-refractivity contribution in [2.24, 2.45) is 7.05 Å². The molecule has 0 bridgehead atoms. The van der Waals surface area contributed by atoms with Crippen LogP contribution < -0.4 is 15.2 Å². The van der Waals surface area contributed by atoms with Gasteiger partial charge in [-0.05, 0) is 43.7 Å². The van der Waals surface area contributed by atoms with Crippen molar-refractivity contribution in [1.82, 2.24) is 14.5 Å². The van der Waals surface area contributed by atoms with Crippen molar-refractivity contribution < 1.29 is 4.74 Å². The molecule has 1 saturated heterocycles. The maximum absolute atomic E-state index is 13.0. The van der Waals surface area contributed by atoms with Crippen LogP contribution in [0.4, 0.5) is 5.69 Å². The molecule has 33 heavy (non-hydrogen) atoms. The zero-order valence-electron chi connectivity index (χ0n) is 18.5. The molecule has 170 valence electrons. The van der Waals surface area contributed by atoms with Crippen LogP contribution in [-0.4, -0.2) is 46.2 Å². The van der Waals surface area contributed by atoms with E-state index in [0.717, 1.165) is 12.1 Å². The zero-order valence-corrected chi connectivity index (χ0v) is 20.1. The molecule has 7 nitrogen and oxygen atoms in total. The fourth-order valence-electron chi connectivity index (χ4n) is 5.04. The molecule has 0 radical (unpaired) electrons. The SMILES string of the molecule is C[C@@H]1CN2c3c(c(=O)n(C)c4ccc(C#N)nc34)OC[C@@H]2CN1[C@@H](C)c1ccc(Cl)cc1Cl. The summed E-state index contributed by atoms with van der Waals surface area (Å²) in [6.07, 6.45) is 0. The first kappa shape index (κ1) is 22.0. The van der Waals surface area contributed by atoms with E-state index < -0.39 is 0 Å². The van der Waals surface area contributed by atoms with Gasteiger partial charge in [-0.15, -0.1) is 0 Å². The van der Waals surface area contributed by atoms with Crippen molar-refractivity contribution in [3.63, 3.8) is 0 Å². The average Bonchev–Trinajstić information content (AvgIpc) is 2.80. The summed E-state index contributed by atoms with van der Waals surface area (Å²) in [6, 6.07) is 11.4. The molecule has 2 aliphatic rings. The van der Waals surface area contributed by atoms with Crippen LogP contribution in [0.2, 0.25) is 10.0 Å². The third-order valence-corrected chi connectivity index (χ3v) is 7.36. The number of aryl methyl sites for hydroxylation is 1. The second-order valence-electron chi connectivity index (χ2n) is 8.72. The molecule has 0 unspecified atom stereocenters. The van der Waals surface area contributed by atoms with Gasteiger partial charge in [0.15, 0.2) is 0 Å². The molecule has 2 aliphatic heterocycles. The molecule has 1 fully saturated rings. The lowest BCUT2D eigenvalue weighted by Gasteiger charge is -2.50. The van der Waals surface area contributed by atoms with Crippen molar-refractivity contribution in [3.8, 4) is 11.8 Å². The number of nitriles is 1. The first-order valence-electron chi connectivity index (χ1n) is 10.8. The van der Waals surface area contributed by atoms with Crippen LogP contribution >= 0.6 is 23.2 Å². The highest BCUT2D eigenvalue weighted by Gasteiger charge is 2.40. The van der Waals surface area contributed by atoms with E-state index in [-0.39, 0.29) is 23.7 Å². The summed E-state index contributed by atoms with van der Waals surface area (Å²) in [5, 5.41) is 10.7. The molecule has 3 aromatic rings. The first-order valence-corrected chi connectivity index (χ1v) is 11.6. The fraction of sp³-hybridized carbons (Fsp3) is 0.375. The Hall–Kier alpha value is -2.79. The highest BCUT2D eigenvalue weighted by Crippen LogP contribution is 2.41. The topological polar surface area (TPSA) is 74.4 Å². The van der Waals surface area contributed by atoms with Gasteiger partial charge in [0.25, 0.3) is 5.56 Å². The van der Waals surface area contributed by atoms with Gasteiger partial charge < -0.3 is 14.2 Å². The van der Waals surface area contributed by atoms with Gasteiger partial charge >= 0.3 is 0 Å². The van der Waals surface area contributed by atoms with Crippen molar-refractivity contribution in [3.05, 3.63) is 62.0 Å². The minimum atomic E-state index is -0.196. The lowest BCUT2D eigenvalue weighted by atomic mass is 9.98. The van der Waals surface area contributed by atoms with E-state index in [2.05, 4.69) is 34.7 Å². The Labute approximate surface area is 201 Å². The third-order valence-electron chi connectivity index (χ3n) is 6.79. The number of halogens is 2. The summed E-state index contributed by atoms with van der Waals surface area (Å²) in [5.74, 6) is 0.304. The molecule has 3 atom stereocenters. The second-order valence-corrected chi connectivity index (χ2v) is 9.57. The smallest absolute Gasteiger partial charge is 0.295 e. The van der Waals surface area contributed by atoms with Gasteiger partial charge in [-0.2, -0.15) is 5.26 Å². The van der Waals surface area contributed by atoms with E-state index in [1.165, 1.54) is 4.57 Å². The maximum Gasteiger partial charge on any atom is 0.295 e. The molecule has 0 amide bonds. The number of rotatable bonds is 2. The number of anilines is 1. The number of hydrogen-bond acceptors (Lipinski definition) is 6. The Morgan fingerprint density at radius 1 is 1.24 bits per heavy atom. The first-order chi connectivity index (χ1) is 15.8. The molecule has 0 N–H and O–H groups in total. The predicted molar refractivity (Wildman–Crippen MR) is 129 cm³/mol. The molecule has 5 rings (SSSR count). The van der Waals surface area contributed by atoms with Crippen molar-refractivity contribution >= 4 is 39.9 Å². The summed E-state index contributed by atoms with van der Waals surface area (Å²) in [6.45, 7) is 6.14. The number of hydrogen-bond donors (Lipinski definition) is 0. The number of piperazine rings is 1. The molecule has 4 heterocycles. The lowest BCUT2D eigenvalue weighted by Crippen LogP contribution is -2.61.